The van der Waals surface area contributed by atoms with E-state index in [9.17, 15) is 4.79 Å². The number of carbonyl (C=O) groups is 1. The molecule has 2 heterocycles. The summed E-state index contributed by atoms with van der Waals surface area (Å²) in [5.74, 6) is 1.73. The summed E-state index contributed by atoms with van der Waals surface area (Å²) < 4.78 is 5.60. The Hall–Kier alpha value is -1.40. The zero-order chi connectivity index (χ0) is 14.1. The second kappa shape index (κ2) is 5.54. The molecule has 0 aromatic carbocycles. The van der Waals surface area contributed by atoms with Crippen molar-refractivity contribution in [3.8, 4) is 0 Å². The van der Waals surface area contributed by atoms with E-state index in [1.54, 1.807) is 0 Å². The fourth-order valence-corrected chi connectivity index (χ4v) is 2.46. The SMILES string of the molecule is CN(C)CCNC(=O)c1nc2c(o1)CN(CC1CC1)C2. The van der Waals surface area contributed by atoms with Crippen molar-refractivity contribution in [3.63, 3.8) is 0 Å². The van der Waals surface area contributed by atoms with Gasteiger partial charge in [-0.05, 0) is 32.9 Å². The first-order valence-electron chi connectivity index (χ1n) is 7.25. The first-order valence-corrected chi connectivity index (χ1v) is 7.25. The predicted molar refractivity (Wildman–Crippen MR) is 74.2 cm³/mol. The quantitative estimate of drug-likeness (QED) is 0.829. The number of rotatable bonds is 6. The number of aromatic nitrogens is 1. The lowest BCUT2D eigenvalue weighted by atomic mass is 10.4. The summed E-state index contributed by atoms with van der Waals surface area (Å²) in [6.07, 6.45) is 2.70. The van der Waals surface area contributed by atoms with Crippen molar-refractivity contribution < 1.29 is 9.21 Å². The lowest BCUT2D eigenvalue weighted by Crippen LogP contribution is -2.31. The number of carbonyl (C=O) groups excluding carboxylic acids is 1. The minimum Gasteiger partial charge on any atom is -0.436 e. The minimum atomic E-state index is -0.213. The summed E-state index contributed by atoms with van der Waals surface area (Å²) in [6.45, 7) is 4.16. The molecule has 0 unspecified atom stereocenters. The van der Waals surface area contributed by atoms with E-state index < -0.39 is 0 Å². The fourth-order valence-electron chi connectivity index (χ4n) is 2.46. The van der Waals surface area contributed by atoms with Gasteiger partial charge in [-0.25, -0.2) is 4.98 Å². The van der Waals surface area contributed by atoms with Gasteiger partial charge in [0, 0.05) is 26.2 Å². The Morgan fingerprint density at radius 3 is 2.90 bits per heavy atom. The van der Waals surface area contributed by atoms with Crippen LogP contribution in [0, 0.1) is 5.92 Å². The number of fused-ring (bicyclic) bond motifs is 1. The molecule has 1 aliphatic heterocycles. The Kier molecular flexibility index (Phi) is 3.76. The first-order chi connectivity index (χ1) is 9.61. The molecule has 1 N–H and O–H groups in total. The number of nitrogens with one attached hydrogen (secondary N) is 1. The topological polar surface area (TPSA) is 61.6 Å². The number of hydrogen-bond donors (Lipinski definition) is 1. The fraction of sp³-hybridized carbons (Fsp3) is 0.714. The number of hydrogen-bond acceptors (Lipinski definition) is 5. The summed E-state index contributed by atoms with van der Waals surface area (Å²) in [5.41, 5.74) is 0.934. The second-order valence-corrected chi connectivity index (χ2v) is 6.06. The number of oxazole rings is 1. The van der Waals surface area contributed by atoms with Crippen molar-refractivity contribution in [3.05, 3.63) is 17.3 Å². The average Bonchev–Trinajstić information content (AvgIpc) is 2.96. The summed E-state index contributed by atoms with van der Waals surface area (Å²) >= 11 is 0. The molecule has 1 aromatic rings. The maximum Gasteiger partial charge on any atom is 0.307 e. The average molecular weight is 278 g/mol. The highest BCUT2D eigenvalue weighted by Crippen LogP contribution is 2.33. The van der Waals surface area contributed by atoms with E-state index >= 15 is 0 Å². The van der Waals surface area contributed by atoms with Crippen molar-refractivity contribution in [2.45, 2.75) is 25.9 Å². The summed E-state index contributed by atoms with van der Waals surface area (Å²) in [6, 6.07) is 0. The van der Waals surface area contributed by atoms with E-state index in [2.05, 4.69) is 15.2 Å². The molecular weight excluding hydrogens is 256 g/mol. The van der Waals surface area contributed by atoms with Crippen LogP contribution in [0.4, 0.5) is 0 Å². The van der Waals surface area contributed by atoms with Crippen LogP contribution < -0.4 is 5.32 Å². The number of nitrogens with zero attached hydrogens (tertiary/aromatic N) is 3. The molecule has 0 spiro atoms. The molecule has 6 nitrogen and oxygen atoms in total. The molecule has 2 aliphatic rings. The van der Waals surface area contributed by atoms with Gasteiger partial charge in [-0.3, -0.25) is 9.69 Å². The third kappa shape index (κ3) is 3.19. The van der Waals surface area contributed by atoms with Crippen LogP contribution in [-0.2, 0) is 13.1 Å². The highest BCUT2D eigenvalue weighted by molar-refractivity contribution is 5.89. The van der Waals surface area contributed by atoms with Gasteiger partial charge in [0.15, 0.2) is 0 Å². The van der Waals surface area contributed by atoms with Gasteiger partial charge in [0.2, 0.25) is 0 Å². The van der Waals surface area contributed by atoms with Crippen LogP contribution in [-0.4, -0.2) is 54.4 Å². The van der Waals surface area contributed by atoms with E-state index in [1.165, 1.54) is 12.8 Å². The molecule has 1 aliphatic carbocycles. The van der Waals surface area contributed by atoms with Crippen molar-refractivity contribution in [2.24, 2.45) is 5.92 Å². The smallest absolute Gasteiger partial charge is 0.307 e. The highest BCUT2D eigenvalue weighted by atomic mass is 16.4. The van der Waals surface area contributed by atoms with Crippen LogP contribution in [0.1, 0.15) is 35.0 Å². The zero-order valence-electron chi connectivity index (χ0n) is 12.2. The molecule has 1 saturated carbocycles. The maximum atomic E-state index is 11.9. The first kappa shape index (κ1) is 13.6. The second-order valence-electron chi connectivity index (χ2n) is 6.06. The van der Waals surface area contributed by atoms with Crippen molar-refractivity contribution in [2.75, 3.05) is 33.7 Å². The van der Waals surface area contributed by atoms with E-state index in [0.29, 0.717) is 6.54 Å². The Morgan fingerprint density at radius 1 is 1.45 bits per heavy atom. The molecule has 0 saturated heterocycles. The molecule has 0 bridgehead atoms. The van der Waals surface area contributed by atoms with Gasteiger partial charge in [0.1, 0.15) is 5.76 Å². The van der Waals surface area contributed by atoms with Gasteiger partial charge in [0.25, 0.3) is 5.89 Å². The maximum absolute atomic E-state index is 11.9. The van der Waals surface area contributed by atoms with E-state index in [1.807, 2.05) is 19.0 Å². The van der Waals surface area contributed by atoms with Crippen molar-refractivity contribution >= 4 is 5.91 Å². The Balaban J connectivity index is 1.51. The summed E-state index contributed by atoms with van der Waals surface area (Å²) in [7, 11) is 3.95. The standard InChI is InChI=1S/C14H22N4O2/c1-17(2)6-5-15-13(19)14-16-11-8-18(7-10-3-4-10)9-12(11)20-14/h10H,3-9H2,1-2H3,(H,15,19). The molecule has 1 amide bonds. The monoisotopic (exact) mass is 278 g/mol. The Morgan fingerprint density at radius 2 is 2.25 bits per heavy atom. The van der Waals surface area contributed by atoms with Crippen molar-refractivity contribution in [1.82, 2.24) is 20.1 Å². The Labute approximate surface area is 119 Å². The molecule has 6 heteroatoms. The summed E-state index contributed by atoms with van der Waals surface area (Å²) in [5, 5.41) is 2.82. The van der Waals surface area contributed by atoms with Gasteiger partial charge in [-0.2, -0.15) is 0 Å². The van der Waals surface area contributed by atoms with Gasteiger partial charge < -0.3 is 14.6 Å². The highest BCUT2D eigenvalue weighted by Gasteiger charge is 2.31. The lowest BCUT2D eigenvalue weighted by molar-refractivity contribution is 0.0911. The van der Waals surface area contributed by atoms with Crippen LogP contribution >= 0.6 is 0 Å². The van der Waals surface area contributed by atoms with E-state index in [0.717, 1.165) is 43.6 Å². The molecule has 1 aromatic heterocycles. The van der Waals surface area contributed by atoms with Crippen molar-refractivity contribution in [1.29, 1.82) is 0 Å². The molecule has 0 atom stereocenters. The van der Waals surface area contributed by atoms with Crippen LogP contribution in [0.3, 0.4) is 0 Å². The molecule has 0 radical (unpaired) electrons. The van der Waals surface area contributed by atoms with E-state index in [4.69, 9.17) is 4.42 Å². The minimum absolute atomic E-state index is 0.208. The normalized spacial score (nSPS) is 18.6. The van der Waals surface area contributed by atoms with Gasteiger partial charge in [-0.15, -0.1) is 0 Å². The molecule has 20 heavy (non-hydrogen) atoms. The predicted octanol–water partition coefficient (Wildman–Crippen LogP) is 0.692. The largest absolute Gasteiger partial charge is 0.436 e. The van der Waals surface area contributed by atoms with Crippen LogP contribution in [0.2, 0.25) is 0 Å². The molecular formula is C14H22N4O2. The molecule has 110 valence electrons. The van der Waals surface area contributed by atoms with Crippen LogP contribution in [0.25, 0.3) is 0 Å². The van der Waals surface area contributed by atoms with Gasteiger partial charge in [-0.1, -0.05) is 0 Å². The van der Waals surface area contributed by atoms with Gasteiger partial charge in [0.05, 0.1) is 12.2 Å². The third-order valence-electron chi connectivity index (χ3n) is 3.77. The molecule has 1 fully saturated rings. The van der Waals surface area contributed by atoms with Crippen LogP contribution in [0.5, 0.6) is 0 Å². The summed E-state index contributed by atoms with van der Waals surface area (Å²) in [4.78, 5) is 20.6. The third-order valence-corrected chi connectivity index (χ3v) is 3.77. The number of likely N-dealkylation sites (N-methyl/N-ethyl adjacent to an activating group) is 1. The number of amides is 1. The zero-order valence-corrected chi connectivity index (χ0v) is 12.2. The molecule has 3 rings (SSSR count). The Bertz CT molecular complexity index is 470. The van der Waals surface area contributed by atoms with Crippen LogP contribution in [0.15, 0.2) is 4.42 Å². The van der Waals surface area contributed by atoms with Gasteiger partial charge >= 0.3 is 5.91 Å². The lowest BCUT2D eigenvalue weighted by Gasteiger charge is -2.13. The van der Waals surface area contributed by atoms with E-state index in [-0.39, 0.29) is 11.8 Å².